The van der Waals surface area contributed by atoms with Gasteiger partial charge < -0.3 is 14.6 Å². The summed E-state index contributed by atoms with van der Waals surface area (Å²) in [6.45, 7) is 0.422. The number of piperidine rings is 1. The topological polar surface area (TPSA) is 79.6 Å². The van der Waals surface area contributed by atoms with Crippen LogP contribution < -0.4 is 5.56 Å². The molecule has 19 heavy (non-hydrogen) atoms. The summed E-state index contributed by atoms with van der Waals surface area (Å²) in [5.41, 5.74) is -0.0361. The van der Waals surface area contributed by atoms with Crippen molar-refractivity contribution in [2.45, 2.75) is 25.3 Å². The summed E-state index contributed by atoms with van der Waals surface area (Å²) in [6, 6.07) is 2.00. The van der Waals surface area contributed by atoms with E-state index in [4.69, 9.17) is 5.11 Å². The van der Waals surface area contributed by atoms with Crippen molar-refractivity contribution >= 4 is 11.9 Å². The zero-order chi connectivity index (χ0) is 14.0. The van der Waals surface area contributed by atoms with Gasteiger partial charge in [0, 0.05) is 31.4 Å². The van der Waals surface area contributed by atoms with Crippen LogP contribution in [0.15, 0.2) is 23.1 Å². The molecule has 0 bridgehead atoms. The molecule has 6 heteroatoms. The highest BCUT2D eigenvalue weighted by molar-refractivity contribution is 5.96. The van der Waals surface area contributed by atoms with Crippen LogP contribution in [0.25, 0.3) is 0 Å². The predicted molar refractivity (Wildman–Crippen MR) is 68.0 cm³/mol. The summed E-state index contributed by atoms with van der Waals surface area (Å²) in [5, 5.41) is 9.14. The molecule has 0 unspecified atom stereocenters. The van der Waals surface area contributed by atoms with Crippen molar-refractivity contribution in [2.75, 3.05) is 6.54 Å². The molecular weight excluding hydrogens is 248 g/mol. The molecule has 1 amide bonds. The number of pyridine rings is 1. The van der Waals surface area contributed by atoms with Gasteiger partial charge in [-0.15, -0.1) is 0 Å². The number of carbonyl (C=O) groups is 2. The number of amides is 1. The van der Waals surface area contributed by atoms with E-state index < -0.39 is 12.0 Å². The molecule has 0 radical (unpaired) electrons. The Morgan fingerprint density at radius 3 is 2.74 bits per heavy atom. The fourth-order valence-electron chi connectivity index (χ4n) is 2.28. The fourth-order valence-corrected chi connectivity index (χ4v) is 2.28. The third kappa shape index (κ3) is 2.67. The van der Waals surface area contributed by atoms with Crippen molar-refractivity contribution in [3.63, 3.8) is 0 Å². The molecule has 1 atom stereocenters. The number of nitrogens with zero attached hydrogens (tertiary/aromatic N) is 2. The van der Waals surface area contributed by atoms with E-state index in [1.165, 1.54) is 27.8 Å². The average molecular weight is 264 g/mol. The van der Waals surface area contributed by atoms with Crippen molar-refractivity contribution in [1.29, 1.82) is 0 Å². The second-order valence-corrected chi connectivity index (χ2v) is 4.71. The number of hydrogen-bond acceptors (Lipinski definition) is 3. The maximum Gasteiger partial charge on any atom is 0.326 e. The molecular formula is C13H16N2O4. The Hall–Kier alpha value is -2.11. The van der Waals surface area contributed by atoms with E-state index in [2.05, 4.69) is 0 Å². The number of carboxylic acids is 1. The lowest BCUT2D eigenvalue weighted by Gasteiger charge is -2.32. The van der Waals surface area contributed by atoms with Gasteiger partial charge in [-0.3, -0.25) is 9.59 Å². The SMILES string of the molecule is Cn1ccc(C(=O)N2CCCC[C@H]2C(=O)O)cc1=O. The van der Waals surface area contributed by atoms with Crippen LogP contribution in [0.5, 0.6) is 0 Å². The molecule has 2 heterocycles. The first kappa shape index (κ1) is 13.3. The molecule has 1 aliphatic heterocycles. The van der Waals surface area contributed by atoms with Gasteiger partial charge in [0.05, 0.1) is 0 Å². The van der Waals surface area contributed by atoms with Gasteiger partial charge in [0.25, 0.3) is 11.5 Å². The molecule has 1 aromatic heterocycles. The van der Waals surface area contributed by atoms with Crippen molar-refractivity contribution in [1.82, 2.24) is 9.47 Å². The quantitative estimate of drug-likeness (QED) is 0.841. The Kier molecular flexibility index (Phi) is 3.69. The number of hydrogen-bond donors (Lipinski definition) is 1. The maximum absolute atomic E-state index is 12.3. The zero-order valence-corrected chi connectivity index (χ0v) is 10.7. The van der Waals surface area contributed by atoms with Gasteiger partial charge in [0.2, 0.25) is 0 Å². The van der Waals surface area contributed by atoms with Gasteiger partial charge in [-0.1, -0.05) is 0 Å². The highest BCUT2D eigenvalue weighted by Gasteiger charge is 2.32. The number of aryl methyl sites for hydroxylation is 1. The highest BCUT2D eigenvalue weighted by Crippen LogP contribution is 2.19. The van der Waals surface area contributed by atoms with Crippen LogP contribution in [0.2, 0.25) is 0 Å². The fraction of sp³-hybridized carbons (Fsp3) is 0.462. The van der Waals surface area contributed by atoms with Crippen molar-refractivity contribution < 1.29 is 14.7 Å². The summed E-state index contributed by atoms with van der Waals surface area (Å²) in [4.78, 5) is 36.3. The minimum Gasteiger partial charge on any atom is -0.480 e. The van der Waals surface area contributed by atoms with Crippen molar-refractivity contribution in [3.8, 4) is 0 Å². The lowest BCUT2D eigenvalue weighted by atomic mass is 10.0. The molecule has 0 aliphatic carbocycles. The molecule has 6 nitrogen and oxygen atoms in total. The smallest absolute Gasteiger partial charge is 0.326 e. The van der Waals surface area contributed by atoms with Gasteiger partial charge in [0.1, 0.15) is 6.04 Å². The number of likely N-dealkylation sites (tertiary alicyclic amines) is 1. The summed E-state index contributed by atoms with van der Waals surface area (Å²) >= 11 is 0. The first-order valence-corrected chi connectivity index (χ1v) is 6.21. The minimum atomic E-state index is -0.989. The monoisotopic (exact) mass is 264 g/mol. The van der Waals surface area contributed by atoms with Crippen LogP contribution in [0.1, 0.15) is 29.6 Å². The molecule has 1 fully saturated rings. The summed E-state index contributed by atoms with van der Waals surface area (Å²) in [5.74, 6) is -1.37. The number of carboxylic acid groups (broad SMARTS) is 1. The summed E-state index contributed by atoms with van der Waals surface area (Å²) in [6.07, 6.45) is 3.57. The molecule has 2 rings (SSSR count). The van der Waals surface area contributed by atoms with Gasteiger partial charge >= 0.3 is 5.97 Å². The molecule has 1 N–H and O–H groups in total. The molecule has 0 aromatic carbocycles. The van der Waals surface area contributed by atoms with Crippen LogP contribution in [-0.4, -0.2) is 39.0 Å². The number of aromatic nitrogens is 1. The van der Waals surface area contributed by atoms with Gasteiger partial charge in [-0.25, -0.2) is 4.79 Å². The molecule has 1 saturated heterocycles. The summed E-state index contributed by atoms with van der Waals surface area (Å²) in [7, 11) is 1.59. The van der Waals surface area contributed by atoms with Crippen molar-refractivity contribution in [2.24, 2.45) is 7.05 Å². The standard InChI is InChI=1S/C13H16N2O4/c1-14-7-5-9(8-11(14)16)12(17)15-6-3-2-4-10(15)13(18)19/h5,7-8,10H,2-4,6H2,1H3,(H,18,19)/t10-/m0/s1. The third-order valence-electron chi connectivity index (χ3n) is 3.40. The van der Waals surface area contributed by atoms with Gasteiger partial charge in [0.15, 0.2) is 0 Å². The first-order chi connectivity index (χ1) is 9.00. The zero-order valence-electron chi connectivity index (χ0n) is 10.7. The van der Waals surface area contributed by atoms with Crippen LogP contribution in [0.4, 0.5) is 0 Å². The van der Waals surface area contributed by atoms with E-state index in [1.54, 1.807) is 7.05 Å². The number of carbonyl (C=O) groups excluding carboxylic acids is 1. The summed E-state index contributed by atoms with van der Waals surface area (Å²) < 4.78 is 1.36. The Bertz CT molecular complexity index is 564. The number of rotatable bonds is 2. The second-order valence-electron chi connectivity index (χ2n) is 4.71. The Balaban J connectivity index is 2.28. The van der Waals surface area contributed by atoms with Gasteiger partial charge in [-0.2, -0.15) is 0 Å². The maximum atomic E-state index is 12.3. The predicted octanol–water partition coefficient (Wildman–Crippen LogP) is 0.465. The molecule has 1 aromatic rings. The largest absolute Gasteiger partial charge is 0.480 e. The molecule has 0 saturated carbocycles. The van der Waals surface area contributed by atoms with Crippen LogP contribution >= 0.6 is 0 Å². The van der Waals surface area contributed by atoms with Crippen LogP contribution in [0, 0.1) is 0 Å². The Morgan fingerprint density at radius 2 is 2.11 bits per heavy atom. The van der Waals surface area contributed by atoms with E-state index in [9.17, 15) is 14.4 Å². The van der Waals surface area contributed by atoms with E-state index in [0.717, 1.165) is 12.8 Å². The van der Waals surface area contributed by atoms with E-state index >= 15 is 0 Å². The normalized spacial score (nSPS) is 19.2. The first-order valence-electron chi connectivity index (χ1n) is 6.21. The van der Waals surface area contributed by atoms with Crippen LogP contribution in [-0.2, 0) is 11.8 Å². The second kappa shape index (κ2) is 5.26. The van der Waals surface area contributed by atoms with Crippen LogP contribution in [0.3, 0.4) is 0 Å². The van der Waals surface area contributed by atoms with E-state index in [0.29, 0.717) is 13.0 Å². The minimum absolute atomic E-state index is 0.247. The molecule has 102 valence electrons. The lowest BCUT2D eigenvalue weighted by molar-refractivity contribution is -0.143. The Morgan fingerprint density at radius 1 is 1.37 bits per heavy atom. The average Bonchev–Trinajstić information content (AvgIpc) is 2.41. The lowest BCUT2D eigenvalue weighted by Crippen LogP contribution is -2.48. The highest BCUT2D eigenvalue weighted by atomic mass is 16.4. The van der Waals surface area contributed by atoms with E-state index in [1.807, 2.05) is 0 Å². The molecule has 0 spiro atoms. The van der Waals surface area contributed by atoms with E-state index in [-0.39, 0.29) is 17.0 Å². The van der Waals surface area contributed by atoms with Crippen molar-refractivity contribution in [3.05, 3.63) is 34.2 Å². The Labute approximate surface area is 110 Å². The molecule has 1 aliphatic rings. The van der Waals surface area contributed by atoms with Gasteiger partial charge in [-0.05, 0) is 25.3 Å². The number of aliphatic carboxylic acids is 1. The third-order valence-corrected chi connectivity index (χ3v) is 3.40.